The molecule has 0 fully saturated rings. The van der Waals surface area contributed by atoms with E-state index in [1.165, 1.54) is 0 Å². The fourth-order valence-corrected chi connectivity index (χ4v) is 1.47. The summed E-state index contributed by atoms with van der Waals surface area (Å²) in [6, 6.07) is 5.52. The summed E-state index contributed by atoms with van der Waals surface area (Å²) >= 11 is 0. The topological polar surface area (TPSA) is 55.1 Å². The van der Waals surface area contributed by atoms with Gasteiger partial charge >= 0.3 is 0 Å². The molecule has 0 aromatic heterocycles. The van der Waals surface area contributed by atoms with E-state index in [1.54, 1.807) is 0 Å². The zero-order valence-corrected chi connectivity index (χ0v) is 9.50. The highest BCUT2D eigenvalue weighted by atomic mass is 16.2. The summed E-state index contributed by atoms with van der Waals surface area (Å²) in [7, 11) is 0. The van der Waals surface area contributed by atoms with Gasteiger partial charge in [0.25, 0.3) is 0 Å². The molecule has 1 atom stereocenters. The van der Waals surface area contributed by atoms with Gasteiger partial charge in [-0.05, 0) is 43.5 Å². The Morgan fingerprint density at radius 1 is 1.33 bits per heavy atom. The number of anilines is 1. The summed E-state index contributed by atoms with van der Waals surface area (Å²) in [6.45, 7) is 5.90. The van der Waals surface area contributed by atoms with Crippen molar-refractivity contribution >= 4 is 11.6 Å². The number of benzene rings is 1. The van der Waals surface area contributed by atoms with Crippen LogP contribution in [0.25, 0.3) is 0 Å². The van der Waals surface area contributed by atoms with E-state index in [1.807, 2.05) is 32.9 Å². The van der Waals surface area contributed by atoms with Crippen LogP contribution in [0.1, 0.15) is 24.5 Å². The maximum atomic E-state index is 11.5. The van der Waals surface area contributed by atoms with Crippen molar-refractivity contribution in [1.29, 1.82) is 0 Å². The summed E-state index contributed by atoms with van der Waals surface area (Å²) in [5, 5.41) is 2.81. The van der Waals surface area contributed by atoms with Gasteiger partial charge in [0.1, 0.15) is 0 Å². The van der Waals surface area contributed by atoms with Gasteiger partial charge in [-0.1, -0.05) is 13.0 Å². The van der Waals surface area contributed by atoms with Gasteiger partial charge in [-0.15, -0.1) is 0 Å². The van der Waals surface area contributed by atoms with Crippen LogP contribution in [0.5, 0.6) is 0 Å². The Bertz CT molecular complexity index is 340. The standard InChI is InChI=1S/C12H18N2O/c1-4-11(13)12(15)14-10-6-8(2)5-9(3)7-10/h5-7,11H,4,13H2,1-3H3,(H,14,15)/t11-/m1/s1. The minimum atomic E-state index is -0.425. The van der Waals surface area contributed by atoms with E-state index in [2.05, 4.69) is 11.4 Å². The molecule has 0 heterocycles. The van der Waals surface area contributed by atoms with Crippen molar-refractivity contribution < 1.29 is 4.79 Å². The van der Waals surface area contributed by atoms with Crippen molar-refractivity contribution in [3.05, 3.63) is 29.3 Å². The molecule has 0 aliphatic carbocycles. The molecule has 15 heavy (non-hydrogen) atoms. The van der Waals surface area contributed by atoms with Crippen LogP contribution in [0.3, 0.4) is 0 Å². The van der Waals surface area contributed by atoms with Crippen molar-refractivity contribution in [2.45, 2.75) is 33.2 Å². The fourth-order valence-electron chi connectivity index (χ4n) is 1.47. The van der Waals surface area contributed by atoms with Gasteiger partial charge in [0.2, 0.25) is 5.91 Å². The van der Waals surface area contributed by atoms with Crippen LogP contribution < -0.4 is 11.1 Å². The number of nitrogens with two attached hydrogens (primary N) is 1. The zero-order valence-electron chi connectivity index (χ0n) is 9.50. The summed E-state index contributed by atoms with van der Waals surface area (Å²) < 4.78 is 0. The lowest BCUT2D eigenvalue weighted by atomic mass is 10.1. The Hall–Kier alpha value is -1.35. The monoisotopic (exact) mass is 206 g/mol. The van der Waals surface area contributed by atoms with Gasteiger partial charge in [0.05, 0.1) is 6.04 Å². The summed E-state index contributed by atoms with van der Waals surface area (Å²) in [6.07, 6.45) is 0.649. The minimum Gasteiger partial charge on any atom is -0.325 e. The first-order chi connectivity index (χ1) is 7.02. The van der Waals surface area contributed by atoms with Gasteiger partial charge in [0.15, 0.2) is 0 Å². The van der Waals surface area contributed by atoms with Crippen LogP contribution in [0.15, 0.2) is 18.2 Å². The molecule has 3 nitrogen and oxygen atoms in total. The highest BCUT2D eigenvalue weighted by Gasteiger charge is 2.10. The average molecular weight is 206 g/mol. The third-order valence-corrected chi connectivity index (χ3v) is 2.27. The maximum Gasteiger partial charge on any atom is 0.241 e. The Morgan fingerprint density at radius 2 is 1.87 bits per heavy atom. The second-order valence-electron chi connectivity index (χ2n) is 3.88. The average Bonchev–Trinajstić information content (AvgIpc) is 2.14. The van der Waals surface area contributed by atoms with Gasteiger partial charge in [0, 0.05) is 5.69 Å². The number of amides is 1. The molecule has 0 saturated heterocycles. The van der Waals surface area contributed by atoms with E-state index in [-0.39, 0.29) is 5.91 Å². The lowest BCUT2D eigenvalue weighted by Crippen LogP contribution is -2.34. The van der Waals surface area contributed by atoms with Gasteiger partial charge in [-0.2, -0.15) is 0 Å². The second kappa shape index (κ2) is 4.94. The molecule has 1 aromatic rings. The molecule has 0 radical (unpaired) electrons. The zero-order chi connectivity index (χ0) is 11.4. The number of hydrogen-bond donors (Lipinski definition) is 2. The van der Waals surface area contributed by atoms with E-state index in [9.17, 15) is 4.79 Å². The SMILES string of the molecule is CC[C@@H](N)C(=O)Nc1cc(C)cc(C)c1. The van der Waals surface area contributed by atoms with Crippen LogP contribution in [0, 0.1) is 13.8 Å². The molecule has 0 unspecified atom stereocenters. The predicted octanol–water partition coefficient (Wildman–Crippen LogP) is 1.98. The van der Waals surface area contributed by atoms with E-state index >= 15 is 0 Å². The third kappa shape index (κ3) is 3.36. The minimum absolute atomic E-state index is 0.123. The fraction of sp³-hybridized carbons (Fsp3) is 0.417. The number of rotatable bonds is 3. The number of hydrogen-bond acceptors (Lipinski definition) is 2. The molecule has 1 amide bonds. The predicted molar refractivity (Wildman–Crippen MR) is 62.8 cm³/mol. The van der Waals surface area contributed by atoms with Crippen molar-refractivity contribution in [3.63, 3.8) is 0 Å². The molecule has 0 spiro atoms. The Morgan fingerprint density at radius 3 is 2.33 bits per heavy atom. The van der Waals surface area contributed by atoms with Gasteiger partial charge in [-0.25, -0.2) is 0 Å². The number of carbonyl (C=O) groups excluding carboxylic acids is 1. The molecular formula is C12H18N2O. The second-order valence-corrected chi connectivity index (χ2v) is 3.88. The number of nitrogens with one attached hydrogen (secondary N) is 1. The van der Waals surface area contributed by atoms with Crippen molar-refractivity contribution in [3.8, 4) is 0 Å². The molecule has 1 aromatic carbocycles. The number of aryl methyl sites for hydroxylation is 2. The van der Waals surface area contributed by atoms with Crippen LogP contribution in [0.2, 0.25) is 0 Å². The summed E-state index contributed by atoms with van der Waals surface area (Å²) in [4.78, 5) is 11.5. The number of carbonyl (C=O) groups is 1. The molecule has 3 N–H and O–H groups in total. The van der Waals surface area contributed by atoms with Gasteiger partial charge in [-0.3, -0.25) is 4.79 Å². The van der Waals surface area contributed by atoms with Crippen LogP contribution in [0.4, 0.5) is 5.69 Å². The highest BCUT2D eigenvalue weighted by molar-refractivity contribution is 5.94. The Kier molecular flexibility index (Phi) is 3.86. The quantitative estimate of drug-likeness (QED) is 0.794. The molecule has 0 bridgehead atoms. The normalized spacial score (nSPS) is 12.3. The molecular weight excluding hydrogens is 188 g/mol. The molecule has 0 saturated carbocycles. The maximum absolute atomic E-state index is 11.5. The van der Waals surface area contributed by atoms with Crippen molar-refractivity contribution in [2.24, 2.45) is 5.73 Å². The molecule has 0 aliphatic rings. The van der Waals surface area contributed by atoms with E-state index in [0.29, 0.717) is 6.42 Å². The van der Waals surface area contributed by atoms with E-state index in [0.717, 1.165) is 16.8 Å². The summed E-state index contributed by atoms with van der Waals surface area (Å²) in [5.41, 5.74) is 8.72. The van der Waals surface area contributed by atoms with Crippen LogP contribution >= 0.6 is 0 Å². The molecule has 1 rings (SSSR count). The largest absolute Gasteiger partial charge is 0.325 e. The lowest BCUT2D eigenvalue weighted by Gasteiger charge is -2.11. The van der Waals surface area contributed by atoms with E-state index < -0.39 is 6.04 Å². The van der Waals surface area contributed by atoms with Crippen molar-refractivity contribution in [2.75, 3.05) is 5.32 Å². The molecule has 0 aliphatic heterocycles. The first-order valence-electron chi connectivity index (χ1n) is 5.17. The lowest BCUT2D eigenvalue weighted by molar-refractivity contribution is -0.117. The molecule has 3 heteroatoms. The van der Waals surface area contributed by atoms with Crippen molar-refractivity contribution in [1.82, 2.24) is 0 Å². The molecule has 82 valence electrons. The van der Waals surface area contributed by atoms with E-state index in [4.69, 9.17) is 5.73 Å². The van der Waals surface area contributed by atoms with Crippen LogP contribution in [-0.4, -0.2) is 11.9 Å². The third-order valence-electron chi connectivity index (χ3n) is 2.27. The smallest absolute Gasteiger partial charge is 0.241 e. The van der Waals surface area contributed by atoms with Crippen LogP contribution in [-0.2, 0) is 4.79 Å². The summed E-state index contributed by atoms with van der Waals surface area (Å²) in [5.74, 6) is -0.123. The first-order valence-corrected chi connectivity index (χ1v) is 5.17. The highest BCUT2D eigenvalue weighted by Crippen LogP contribution is 2.13. The van der Waals surface area contributed by atoms with Gasteiger partial charge < -0.3 is 11.1 Å². The Balaban J connectivity index is 2.76. The first kappa shape index (κ1) is 11.7. The Labute approximate surface area is 90.7 Å².